The Morgan fingerprint density at radius 3 is 2.42 bits per heavy atom. The summed E-state index contributed by atoms with van der Waals surface area (Å²) in [4.78, 5) is 39.8. The Labute approximate surface area is 190 Å². The molecule has 1 heterocycles. The highest BCUT2D eigenvalue weighted by Gasteiger charge is 2.46. The highest BCUT2D eigenvalue weighted by molar-refractivity contribution is 6.46. The Morgan fingerprint density at radius 2 is 1.82 bits per heavy atom. The first-order chi connectivity index (χ1) is 15.7. The minimum Gasteiger partial charge on any atom is -0.507 e. The van der Waals surface area contributed by atoms with Crippen molar-refractivity contribution in [3.05, 3.63) is 69.3 Å². The van der Waals surface area contributed by atoms with Crippen LogP contribution in [0.25, 0.3) is 5.76 Å². The van der Waals surface area contributed by atoms with Crippen LogP contribution in [0.5, 0.6) is 11.5 Å². The third-order valence-corrected chi connectivity index (χ3v) is 5.38. The molecule has 0 bridgehead atoms. The summed E-state index contributed by atoms with van der Waals surface area (Å²) in [5.74, 6) is -1.25. The lowest BCUT2D eigenvalue weighted by molar-refractivity contribution is -0.384. The van der Waals surface area contributed by atoms with Gasteiger partial charge in [0.25, 0.3) is 17.4 Å². The molecule has 10 nitrogen and oxygen atoms in total. The predicted octanol–water partition coefficient (Wildman–Crippen LogP) is 2.60. The number of nitrogens with zero attached hydrogens (tertiary/aromatic N) is 3. The molecule has 1 aliphatic rings. The van der Waals surface area contributed by atoms with Crippen molar-refractivity contribution in [1.29, 1.82) is 0 Å². The molecule has 1 atom stereocenters. The maximum Gasteiger partial charge on any atom is 0.295 e. The Kier molecular flexibility index (Phi) is 6.98. The third kappa shape index (κ3) is 4.65. The van der Waals surface area contributed by atoms with Crippen molar-refractivity contribution >= 4 is 23.1 Å². The Hall–Kier alpha value is -3.92. The fourth-order valence-electron chi connectivity index (χ4n) is 3.71. The number of likely N-dealkylation sites (N-methyl/N-ethyl adjacent to an activating group) is 1. The first kappa shape index (κ1) is 23.7. The fraction of sp³-hybridized carbons (Fsp3) is 0.304. The topological polar surface area (TPSA) is 122 Å². The first-order valence-electron chi connectivity index (χ1n) is 10.1. The molecule has 1 aliphatic heterocycles. The van der Waals surface area contributed by atoms with E-state index >= 15 is 0 Å². The molecule has 3 rings (SSSR count). The summed E-state index contributed by atoms with van der Waals surface area (Å²) in [6.45, 7) is 0.704. The number of likely N-dealkylation sites (tertiary alicyclic amines) is 1. The first-order valence-corrected chi connectivity index (χ1v) is 10.1. The second kappa shape index (κ2) is 9.70. The van der Waals surface area contributed by atoms with Gasteiger partial charge >= 0.3 is 0 Å². The monoisotopic (exact) mass is 455 g/mol. The molecule has 0 saturated carbocycles. The summed E-state index contributed by atoms with van der Waals surface area (Å²) >= 11 is 0. The number of methoxy groups -OCH3 is 2. The van der Waals surface area contributed by atoms with Crippen LogP contribution in [0, 0.1) is 10.1 Å². The summed E-state index contributed by atoms with van der Waals surface area (Å²) < 4.78 is 10.6. The maximum absolute atomic E-state index is 13.0. The predicted molar refractivity (Wildman–Crippen MR) is 120 cm³/mol. The second-order valence-electron chi connectivity index (χ2n) is 7.72. The van der Waals surface area contributed by atoms with Crippen molar-refractivity contribution in [3.8, 4) is 11.5 Å². The van der Waals surface area contributed by atoms with E-state index in [9.17, 15) is 24.8 Å². The van der Waals surface area contributed by atoms with Gasteiger partial charge in [-0.3, -0.25) is 19.7 Å². The Balaban J connectivity index is 2.21. The fourth-order valence-corrected chi connectivity index (χ4v) is 3.71. The number of carbonyl (C=O) groups is 2. The number of hydrogen-bond acceptors (Lipinski definition) is 8. The zero-order valence-electron chi connectivity index (χ0n) is 18.8. The molecule has 2 aromatic carbocycles. The number of ether oxygens (including phenoxy) is 2. The van der Waals surface area contributed by atoms with Gasteiger partial charge < -0.3 is 24.4 Å². The number of aliphatic hydroxyl groups is 1. The molecular formula is C23H25N3O7. The van der Waals surface area contributed by atoms with Gasteiger partial charge in [0, 0.05) is 30.8 Å². The number of benzene rings is 2. The molecule has 0 aromatic heterocycles. The van der Waals surface area contributed by atoms with Crippen LogP contribution in [0.4, 0.5) is 5.69 Å². The van der Waals surface area contributed by atoms with Crippen LogP contribution in [0.3, 0.4) is 0 Å². The van der Waals surface area contributed by atoms with E-state index < -0.39 is 28.4 Å². The summed E-state index contributed by atoms with van der Waals surface area (Å²) in [5, 5.41) is 22.2. The van der Waals surface area contributed by atoms with Gasteiger partial charge in [0.2, 0.25) is 0 Å². The average molecular weight is 455 g/mol. The summed E-state index contributed by atoms with van der Waals surface area (Å²) in [5.41, 5.74) is 0.202. The van der Waals surface area contributed by atoms with Gasteiger partial charge in [-0.25, -0.2) is 0 Å². The van der Waals surface area contributed by atoms with Gasteiger partial charge in [-0.15, -0.1) is 0 Å². The van der Waals surface area contributed by atoms with E-state index in [-0.39, 0.29) is 23.4 Å². The third-order valence-electron chi connectivity index (χ3n) is 5.38. The zero-order chi connectivity index (χ0) is 24.3. The Morgan fingerprint density at radius 1 is 1.12 bits per heavy atom. The van der Waals surface area contributed by atoms with Gasteiger partial charge in [0.05, 0.1) is 30.8 Å². The molecule has 0 spiro atoms. The molecule has 2 aromatic rings. The van der Waals surface area contributed by atoms with Crippen LogP contribution < -0.4 is 9.47 Å². The summed E-state index contributed by atoms with van der Waals surface area (Å²) in [6.07, 6.45) is 0. The number of hydrogen-bond donors (Lipinski definition) is 1. The van der Waals surface area contributed by atoms with Crippen molar-refractivity contribution in [2.45, 2.75) is 6.04 Å². The van der Waals surface area contributed by atoms with E-state index in [0.717, 1.165) is 6.07 Å². The van der Waals surface area contributed by atoms with E-state index in [4.69, 9.17) is 9.47 Å². The molecule has 33 heavy (non-hydrogen) atoms. The van der Waals surface area contributed by atoms with Gasteiger partial charge in [-0.05, 0) is 31.8 Å². The second-order valence-corrected chi connectivity index (χ2v) is 7.72. The smallest absolute Gasteiger partial charge is 0.295 e. The van der Waals surface area contributed by atoms with E-state index in [0.29, 0.717) is 23.6 Å². The lowest BCUT2D eigenvalue weighted by Gasteiger charge is -2.27. The van der Waals surface area contributed by atoms with Crippen LogP contribution in [-0.2, 0) is 9.59 Å². The highest BCUT2D eigenvalue weighted by atomic mass is 16.6. The molecule has 1 N–H and O–H groups in total. The number of ketones is 1. The van der Waals surface area contributed by atoms with E-state index in [1.807, 2.05) is 19.0 Å². The van der Waals surface area contributed by atoms with Crippen molar-refractivity contribution in [2.24, 2.45) is 0 Å². The van der Waals surface area contributed by atoms with E-state index in [2.05, 4.69) is 0 Å². The largest absolute Gasteiger partial charge is 0.507 e. The molecule has 0 aliphatic carbocycles. The molecule has 1 unspecified atom stereocenters. The number of nitro groups is 1. The van der Waals surface area contributed by atoms with E-state index in [1.54, 1.807) is 18.2 Å². The quantitative estimate of drug-likeness (QED) is 0.212. The van der Waals surface area contributed by atoms with Crippen molar-refractivity contribution < 1.29 is 29.1 Å². The van der Waals surface area contributed by atoms with Gasteiger partial charge in [0.15, 0.2) is 11.5 Å². The van der Waals surface area contributed by atoms with Crippen LogP contribution in [0.15, 0.2) is 48.0 Å². The number of rotatable bonds is 8. The van der Waals surface area contributed by atoms with Crippen LogP contribution in [-0.4, -0.2) is 72.9 Å². The molecule has 0 radical (unpaired) electrons. The van der Waals surface area contributed by atoms with E-state index in [1.165, 1.54) is 37.3 Å². The van der Waals surface area contributed by atoms with Crippen LogP contribution in [0.2, 0.25) is 0 Å². The minimum absolute atomic E-state index is 0.0697. The van der Waals surface area contributed by atoms with Crippen molar-refractivity contribution in [2.75, 3.05) is 41.4 Å². The summed E-state index contributed by atoms with van der Waals surface area (Å²) in [7, 11) is 6.63. The summed E-state index contributed by atoms with van der Waals surface area (Å²) in [6, 6.07) is 9.34. The molecular weight excluding hydrogens is 430 g/mol. The Bertz CT molecular complexity index is 1130. The normalized spacial score (nSPS) is 17.5. The van der Waals surface area contributed by atoms with Crippen molar-refractivity contribution in [1.82, 2.24) is 9.80 Å². The van der Waals surface area contributed by atoms with Gasteiger partial charge in [0.1, 0.15) is 5.76 Å². The molecule has 174 valence electrons. The number of aliphatic hydroxyl groups excluding tert-OH is 1. The molecule has 1 amide bonds. The number of nitro benzene ring substituents is 1. The number of non-ortho nitro benzene ring substituents is 1. The number of Topliss-reactive ketones (excluding diaryl/α,β-unsaturated/α-hetero) is 1. The SMILES string of the molecule is COc1ccc(C2/C(=C(\O)c3cccc([N+](=O)[O-])c3)C(=O)C(=O)N2CCN(C)C)cc1OC. The lowest BCUT2D eigenvalue weighted by atomic mass is 9.95. The minimum atomic E-state index is -0.913. The van der Waals surface area contributed by atoms with Gasteiger partial charge in [-0.1, -0.05) is 18.2 Å². The zero-order valence-corrected chi connectivity index (χ0v) is 18.8. The average Bonchev–Trinajstić information content (AvgIpc) is 3.06. The molecule has 10 heteroatoms. The molecule has 1 fully saturated rings. The number of amides is 1. The highest BCUT2D eigenvalue weighted by Crippen LogP contribution is 2.42. The van der Waals surface area contributed by atoms with Crippen LogP contribution in [0.1, 0.15) is 17.2 Å². The van der Waals surface area contributed by atoms with Gasteiger partial charge in [-0.2, -0.15) is 0 Å². The van der Waals surface area contributed by atoms with Crippen molar-refractivity contribution in [3.63, 3.8) is 0 Å². The number of carbonyl (C=O) groups excluding carboxylic acids is 2. The maximum atomic E-state index is 13.0. The lowest BCUT2D eigenvalue weighted by Crippen LogP contribution is -2.35. The molecule has 1 saturated heterocycles. The standard InChI is InChI=1S/C23H25N3O7/c1-24(2)10-11-25-20(14-8-9-17(32-3)18(13-14)33-4)19(22(28)23(25)29)21(27)15-6-5-7-16(12-15)26(30)31/h5-9,12-13,20,27H,10-11H2,1-4H3/b21-19+. The van der Waals surface area contributed by atoms with Crippen LogP contribution >= 0.6 is 0 Å².